The predicted molar refractivity (Wildman–Crippen MR) is 61.0 cm³/mol. The van der Waals surface area contributed by atoms with Crippen molar-refractivity contribution in [3.8, 4) is 0 Å². The minimum atomic E-state index is 0.393. The molecule has 3 heterocycles. The molecule has 2 fully saturated rings. The molecule has 4 heteroatoms. The smallest absolute Gasteiger partial charge is 0.0627 e. The number of nitrogens with one attached hydrogen (secondary N) is 1. The van der Waals surface area contributed by atoms with Crippen molar-refractivity contribution in [3.63, 3.8) is 0 Å². The van der Waals surface area contributed by atoms with Gasteiger partial charge in [0.1, 0.15) is 0 Å². The molecule has 0 saturated carbocycles. The molecule has 4 unspecified atom stereocenters. The molecule has 0 aliphatic carbocycles. The Labute approximate surface area is 96.0 Å². The molecular formula is C12H19N3O. The van der Waals surface area contributed by atoms with Crippen molar-refractivity contribution in [2.24, 2.45) is 13.0 Å². The molecule has 0 spiro atoms. The number of aromatic nitrogens is 2. The highest BCUT2D eigenvalue weighted by atomic mass is 16.5. The lowest BCUT2D eigenvalue weighted by Gasteiger charge is -2.27. The summed E-state index contributed by atoms with van der Waals surface area (Å²) in [5.41, 5.74) is 1.28. The van der Waals surface area contributed by atoms with Gasteiger partial charge >= 0.3 is 0 Å². The van der Waals surface area contributed by atoms with Gasteiger partial charge in [-0.1, -0.05) is 0 Å². The van der Waals surface area contributed by atoms with Gasteiger partial charge in [-0.3, -0.25) is 4.68 Å². The summed E-state index contributed by atoms with van der Waals surface area (Å²) >= 11 is 0. The van der Waals surface area contributed by atoms with Crippen molar-refractivity contribution < 1.29 is 4.74 Å². The zero-order chi connectivity index (χ0) is 11.1. The quantitative estimate of drug-likeness (QED) is 0.835. The van der Waals surface area contributed by atoms with Gasteiger partial charge < -0.3 is 10.1 Å². The van der Waals surface area contributed by atoms with Gasteiger partial charge in [0.2, 0.25) is 0 Å². The lowest BCUT2D eigenvalue weighted by Crippen LogP contribution is -2.31. The van der Waals surface area contributed by atoms with Crippen molar-refractivity contribution in [1.29, 1.82) is 0 Å². The molecule has 2 aliphatic rings. The Kier molecular flexibility index (Phi) is 2.48. The normalized spacial score (nSPS) is 34.5. The van der Waals surface area contributed by atoms with E-state index in [4.69, 9.17) is 4.74 Å². The number of hydrogen-bond donors (Lipinski definition) is 1. The van der Waals surface area contributed by atoms with Gasteiger partial charge in [-0.2, -0.15) is 5.10 Å². The third-order valence-corrected chi connectivity index (χ3v) is 3.98. The second-order valence-corrected chi connectivity index (χ2v) is 4.99. The molecule has 1 N–H and O–H groups in total. The van der Waals surface area contributed by atoms with Crippen LogP contribution in [0.5, 0.6) is 0 Å². The Morgan fingerprint density at radius 1 is 1.56 bits per heavy atom. The maximum Gasteiger partial charge on any atom is 0.0627 e. The first kappa shape index (κ1) is 10.3. The van der Waals surface area contributed by atoms with E-state index >= 15 is 0 Å². The Hall–Kier alpha value is -0.870. The van der Waals surface area contributed by atoms with E-state index < -0.39 is 0 Å². The fourth-order valence-corrected chi connectivity index (χ4v) is 3.26. The highest BCUT2D eigenvalue weighted by Crippen LogP contribution is 2.44. The first-order chi connectivity index (χ1) is 7.78. The number of rotatable bonds is 3. The van der Waals surface area contributed by atoms with E-state index in [1.165, 1.54) is 24.8 Å². The van der Waals surface area contributed by atoms with Crippen molar-refractivity contribution in [2.75, 3.05) is 7.05 Å². The highest BCUT2D eigenvalue weighted by molar-refractivity contribution is 5.14. The number of fused-ring (bicyclic) bond motifs is 2. The number of hydrogen-bond acceptors (Lipinski definition) is 3. The average molecular weight is 221 g/mol. The van der Waals surface area contributed by atoms with Crippen LogP contribution < -0.4 is 5.32 Å². The monoisotopic (exact) mass is 221 g/mol. The fourth-order valence-electron chi connectivity index (χ4n) is 3.26. The molecular weight excluding hydrogens is 202 g/mol. The second kappa shape index (κ2) is 3.86. The molecule has 1 aromatic heterocycles. The van der Waals surface area contributed by atoms with Crippen LogP contribution in [0.2, 0.25) is 0 Å². The molecule has 4 atom stereocenters. The third-order valence-electron chi connectivity index (χ3n) is 3.98. The second-order valence-electron chi connectivity index (χ2n) is 4.99. The summed E-state index contributed by atoms with van der Waals surface area (Å²) in [5.74, 6) is 0.618. The van der Waals surface area contributed by atoms with Crippen molar-refractivity contribution in [2.45, 2.75) is 37.5 Å². The van der Waals surface area contributed by atoms with Crippen LogP contribution in [0.25, 0.3) is 0 Å². The Morgan fingerprint density at radius 2 is 2.44 bits per heavy atom. The predicted octanol–water partition coefficient (Wildman–Crippen LogP) is 1.25. The fraction of sp³-hybridized carbons (Fsp3) is 0.750. The van der Waals surface area contributed by atoms with Crippen LogP contribution >= 0.6 is 0 Å². The van der Waals surface area contributed by atoms with Crippen LogP contribution in [-0.2, 0) is 11.8 Å². The molecule has 4 nitrogen and oxygen atoms in total. The van der Waals surface area contributed by atoms with Gasteiger partial charge in [0.05, 0.1) is 18.4 Å². The lowest BCUT2D eigenvalue weighted by atomic mass is 9.82. The molecule has 0 aromatic carbocycles. The molecule has 2 bridgehead atoms. The van der Waals surface area contributed by atoms with Crippen LogP contribution in [0, 0.1) is 5.92 Å². The minimum Gasteiger partial charge on any atom is -0.375 e. The van der Waals surface area contributed by atoms with Crippen LogP contribution in [0.3, 0.4) is 0 Å². The standard InChI is InChI=1S/C12H19N3O/c1-13-12(8-6-14-15(2)7-8)10-5-9-3-4-11(10)16-9/h6-7,9-13H,3-5H2,1-2H3. The summed E-state index contributed by atoms with van der Waals surface area (Å²) in [6.45, 7) is 0. The first-order valence-corrected chi connectivity index (χ1v) is 6.09. The minimum absolute atomic E-state index is 0.393. The van der Waals surface area contributed by atoms with E-state index in [1.54, 1.807) is 0 Å². The molecule has 1 aromatic rings. The average Bonchev–Trinajstić information content (AvgIpc) is 2.96. The van der Waals surface area contributed by atoms with Gasteiger partial charge in [0.15, 0.2) is 0 Å². The van der Waals surface area contributed by atoms with E-state index in [9.17, 15) is 0 Å². The lowest BCUT2D eigenvalue weighted by molar-refractivity contribution is 0.0863. The zero-order valence-electron chi connectivity index (χ0n) is 9.89. The van der Waals surface area contributed by atoms with Crippen LogP contribution in [0.15, 0.2) is 12.4 Å². The summed E-state index contributed by atoms with van der Waals surface area (Å²) in [7, 11) is 4.00. The van der Waals surface area contributed by atoms with Gasteiger partial charge in [-0.15, -0.1) is 0 Å². The van der Waals surface area contributed by atoms with E-state index in [0.717, 1.165) is 0 Å². The zero-order valence-corrected chi connectivity index (χ0v) is 9.89. The molecule has 16 heavy (non-hydrogen) atoms. The summed E-state index contributed by atoms with van der Waals surface area (Å²) in [6.07, 6.45) is 8.73. The number of ether oxygens (including phenoxy) is 1. The van der Waals surface area contributed by atoms with E-state index in [2.05, 4.69) is 16.6 Å². The van der Waals surface area contributed by atoms with Gasteiger partial charge in [-0.05, 0) is 26.3 Å². The van der Waals surface area contributed by atoms with E-state index in [1.807, 2.05) is 25.0 Å². The first-order valence-electron chi connectivity index (χ1n) is 6.09. The number of nitrogens with zero attached hydrogens (tertiary/aromatic N) is 2. The molecule has 2 aliphatic heterocycles. The van der Waals surface area contributed by atoms with Crippen molar-refractivity contribution in [1.82, 2.24) is 15.1 Å². The van der Waals surface area contributed by atoms with Gasteiger partial charge in [0, 0.05) is 30.8 Å². The molecule has 88 valence electrons. The molecule has 0 radical (unpaired) electrons. The summed E-state index contributed by atoms with van der Waals surface area (Å²) < 4.78 is 7.80. The Balaban J connectivity index is 1.81. The largest absolute Gasteiger partial charge is 0.375 e. The topological polar surface area (TPSA) is 39.1 Å². The van der Waals surface area contributed by atoms with Gasteiger partial charge in [-0.25, -0.2) is 0 Å². The van der Waals surface area contributed by atoms with E-state index in [-0.39, 0.29) is 0 Å². The Bertz CT molecular complexity index is 376. The van der Waals surface area contributed by atoms with Crippen LogP contribution in [0.4, 0.5) is 0 Å². The van der Waals surface area contributed by atoms with Crippen molar-refractivity contribution >= 4 is 0 Å². The summed E-state index contributed by atoms with van der Waals surface area (Å²) in [4.78, 5) is 0. The van der Waals surface area contributed by atoms with Crippen LogP contribution in [-0.4, -0.2) is 29.0 Å². The van der Waals surface area contributed by atoms with Crippen LogP contribution in [0.1, 0.15) is 30.9 Å². The van der Waals surface area contributed by atoms with Gasteiger partial charge in [0.25, 0.3) is 0 Å². The maximum absolute atomic E-state index is 5.93. The summed E-state index contributed by atoms with van der Waals surface area (Å²) in [6, 6.07) is 0.393. The third kappa shape index (κ3) is 1.57. The SMILES string of the molecule is CNC(c1cnn(C)c1)C1CC2CCC1O2. The molecule has 2 saturated heterocycles. The maximum atomic E-state index is 5.93. The van der Waals surface area contributed by atoms with E-state index in [0.29, 0.717) is 24.2 Å². The molecule has 0 amide bonds. The summed E-state index contributed by atoms with van der Waals surface area (Å²) in [5, 5.41) is 7.68. The molecule has 3 rings (SSSR count). The Morgan fingerprint density at radius 3 is 2.94 bits per heavy atom. The number of aryl methyl sites for hydroxylation is 1. The van der Waals surface area contributed by atoms with Crippen molar-refractivity contribution in [3.05, 3.63) is 18.0 Å². The highest BCUT2D eigenvalue weighted by Gasteiger charge is 2.44.